The van der Waals surface area contributed by atoms with E-state index in [-0.39, 0.29) is 31.1 Å². The van der Waals surface area contributed by atoms with Gasteiger partial charge in [-0.3, -0.25) is 9.59 Å². The summed E-state index contributed by atoms with van der Waals surface area (Å²) in [6.45, 7) is 1.30. The fourth-order valence-electron chi connectivity index (χ4n) is 5.17. The highest BCUT2D eigenvalue weighted by Crippen LogP contribution is 2.41. The Morgan fingerprint density at radius 1 is 1.03 bits per heavy atom. The van der Waals surface area contributed by atoms with Gasteiger partial charge in [-0.15, -0.1) is 0 Å². The van der Waals surface area contributed by atoms with Gasteiger partial charge < -0.3 is 14.9 Å². The number of hydrogen-bond acceptors (Lipinski definition) is 3. The van der Waals surface area contributed by atoms with Crippen LogP contribution in [0.2, 0.25) is 0 Å². The van der Waals surface area contributed by atoms with Crippen molar-refractivity contribution in [3.05, 3.63) is 70.0 Å². The monoisotopic (exact) mass is 560 g/mol. The highest BCUT2D eigenvalue weighted by molar-refractivity contribution is 5.88. The number of carbonyl (C=O) groups is 2. The van der Waals surface area contributed by atoms with Crippen LogP contribution in [0.1, 0.15) is 53.0 Å². The number of likely N-dealkylation sites (tertiary alicyclic amines) is 1. The van der Waals surface area contributed by atoms with Gasteiger partial charge in [0.15, 0.2) is 0 Å². The Morgan fingerprint density at radius 2 is 1.62 bits per heavy atom. The van der Waals surface area contributed by atoms with E-state index in [2.05, 4.69) is 0 Å². The molecular weight excluding hydrogens is 533 g/mol. The standard InChI is InChI=1S/C27H27F7N2O3/c1-15-9-19(28)3-4-20(15)22-14-36(24(38)25(39)6-7-25)8-5-21(22)23(37)35(2)13-16-10-17(26(29,30)31)12-18(11-16)27(32,33)34/h3-4,9-12,21-22,39H,5-8,13-14H2,1-2H3/t21-,22+/m1/s1. The molecule has 4 rings (SSSR count). The smallest absolute Gasteiger partial charge is 0.380 e. The Bertz CT molecular complexity index is 1240. The van der Waals surface area contributed by atoms with Crippen molar-refractivity contribution >= 4 is 11.8 Å². The first-order valence-electron chi connectivity index (χ1n) is 12.3. The largest absolute Gasteiger partial charge is 0.416 e. The van der Waals surface area contributed by atoms with Crippen LogP contribution < -0.4 is 0 Å². The van der Waals surface area contributed by atoms with Crippen LogP contribution in [-0.4, -0.2) is 52.5 Å². The Labute approximate surface area is 220 Å². The molecule has 2 amide bonds. The van der Waals surface area contributed by atoms with E-state index in [1.165, 1.54) is 30.1 Å². The maximum atomic E-state index is 13.8. The second-order valence-corrected chi connectivity index (χ2v) is 10.4. The molecule has 2 fully saturated rings. The van der Waals surface area contributed by atoms with Crippen LogP contribution >= 0.6 is 0 Å². The van der Waals surface area contributed by atoms with Crippen LogP contribution in [-0.2, 0) is 28.5 Å². The van der Waals surface area contributed by atoms with Crippen LogP contribution in [0.15, 0.2) is 36.4 Å². The molecule has 2 aromatic carbocycles. The van der Waals surface area contributed by atoms with Crippen molar-refractivity contribution in [1.29, 1.82) is 0 Å². The van der Waals surface area contributed by atoms with Crippen molar-refractivity contribution < 1.29 is 45.4 Å². The fourth-order valence-corrected chi connectivity index (χ4v) is 5.17. The number of carbonyl (C=O) groups excluding carboxylic acids is 2. The van der Waals surface area contributed by atoms with E-state index in [1.807, 2.05) is 0 Å². The van der Waals surface area contributed by atoms with E-state index < -0.39 is 65.1 Å². The van der Waals surface area contributed by atoms with Gasteiger partial charge >= 0.3 is 12.4 Å². The molecule has 0 unspecified atom stereocenters. The van der Waals surface area contributed by atoms with Crippen LogP contribution in [0.4, 0.5) is 30.7 Å². The minimum Gasteiger partial charge on any atom is -0.380 e. The summed E-state index contributed by atoms with van der Waals surface area (Å²) in [6.07, 6.45) is -9.25. The molecule has 1 aliphatic carbocycles. The summed E-state index contributed by atoms with van der Waals surface area (Å²) < 4.78 is 93.6. The summed E-state index contributed by atoms with van der Waals surface area (Å²) in [4.78, 5) is 28.9. The molecule has 2 atom stereocenters. The quantitative estimate of drug-likeness (QED) is 0.506. The number of piperidine rings is 1. The molecule has 1 saturated heterocycles. The minimum atomic E-state index is -5.02. The number of benzene rings is 2. The van der Waals surface area contributed by atoms with E-state index in [0.717, 1.165) is 4.90 Å². The number of amides is 2. The summed E-state index contributed by atoms with van der Waals surface area (Å²) in [7, 11) is 1.29. The van der Waals surface area contributed by atoms with Crippen molar-refractivity contribution in [3.8, 4) is 0 Å². The number of aliphatic hydroxyl groups is 1. The highest BCUT2D eigenvalue weighted by Gasteiger charge is 2.52. The third kappa shape index (κ3) is 6.21. The Hall–Kier alpha value is -3.15. The molecule has 12 heteroatoms. The molecule has 1 N–H and O–H groups in total. The zero-order valence-electron chi connectivity index (χ0n) is 21.2. The van der Waals surface area contributed by atoms with Crippen molar-refractivity contribution in [2.45, 2.75) is 56.6 Å². The molecule has 39 heavy (non-hydrogen) atoms. The maximum Gasteiger partial charge on any atom is 0.416 e. The Morgan fingerprint density at radius 3 is 2.13 bits per heavy atom. The van der Waals surface area contributed by atoms with Gasteiger partial charge in [0.2, 0.25) is 5.91 Å². The number of rotatable bonds is 5. The maximum absolute atomic E-state index is 13.8. The third-order valence-corrected chi connectivity index (χ3v) is 7.41. The zero-order chi connectivity index (χ0) is 28.9. The molecular formula is C27H27F7N2O3. The van der Waals surface area contributed by atoms with E-state index in [0.29, 0.717) is 36.1 Å². The summed E-state index contributed by atoms with van der Waals surface area (Å²) >= 11 is 0. The summed E-state index contributed by atoms with van der Waals surface area (Å²) in [6, 6.07) is 5.18. The van der Waals surface area contributed by atoms with Crippen LogP contribution in [0, 0.1) is 18.7 Å². The predicted octanol–water partition coefficient (Wildman–Crippen LogP) is 5.29. The van der Waals surface area contributed by atoms with E-state index in [1.54, 1.807) is 6.92 Å². The van der Waals surface area contributed by atoms with Gasteiger partial charge in [-0.25, -0.2) is 4.39 Å². The number of aryl methyl sites for hydroxylation is 1. The van der Waals surface area contributed by atoms with E-state index in [4.69, 9.17) is 0 Å². The molecule has 1 heterocycles. The van der Waals surface area contributed by atoms with Gasteiger partial charge in [0.1, 0.15) is 11.4 Å². The van der Waals surface area contributed by atoms with Gasteiger partial charge in [-0.2, -0.15) is 26.3 Å². The lowest BCUT2D eigenvalue weighted by Crippen LogP contribution is -2.50. The number of hydrogen-bond donors (Lipinski definition) is 1. The topological polar surface area (TPSA) is 60.9 Å². The second-order valence-electron chi connectivity index (χ2n) is 10.4. The number of nitrogens with zero attached hydrogens (tertiary/aromatic N) is 2. The summed E-state index contributed by atoms with van der Waals surface area (Å²) in [5, 5.41) is 10.3. The zero-order valence-corrected chi connectivity index (χ0v) is 21.2. The normalized spacial score (nSPS) is 21.0. The van der Waals surface area contributed by atoms with Crippen molar-refractivity contribution in [2.24, 2.45) is 5.92 Å². The van der Waals surface area contributed by atoms with Crippen LogP contribution in [0.5, 0.6) is 0 Å². The molecule has 1 saturated carbocycles. The van der Waals surface area contributed by atoms with Gasteiger partial charge in [-0.1, -0.05) is 6.07 Å². The average Bonchev–Trinajstić information content (AvgIpc) is 3.60. The molecule has 0 bridgehead atoms. The third-order valence-electron chi connectivity index (χ3n) is 7.41. The van der Waals surface area contributed by atoms with Crippen molar-refractivity contribution in [2.75, 3.05) is 20.1 Å². The summed E-state index contributed by atoms with van der Waals surface area (Å²) in [5.74, 6) is -2.92. The SMILES string of the molecule is Cc1cc(F)ccc1[C@@H]1CN(C(=O)C2(O)CC2)CC[C@H]1C(=O)N(C)Cc1cc(C(F)(F)F)cc(C(F)(F)F)c1. The van der Waals surface area contributed by atoms with E-state index >= 15 is 0 Å². The number of halogens is 7. The first-order valence-corrected chi connectivity index (χ1v) is 12.3. The molecule has 2 aliphatic rings. The van der Waals surface area contributed by atoms with Crippen molar-refractivity contribution in [3.63, 3.8) is 0 Å². The molecule has 5 nitrogen and oxygen atoms in total. The van der Waals surface area contributed by atoms with Crippen LogP contribution in [0.25, 0.3) is 0 Å². The average molecular weight is 561 g/mol. The first-order chi connectivity index (χ1) is 18.0. The molecule has 1 aliphatic heterocycles. The minimum absolute atomic E-state index is 0.0270. The first kappa shape index (κ1) is 28.8. The Balaban J connectivity index is 1.62. The predicted molar refractivity (Wildman–Crippen MR) is 126 cm³/mol. The van der Waals surface area contributed by atoms with E-state index in [9.17, 15) is 45.4 Å². The lowest BCUT2D eigenvalue weighted by molar-refractivity contribution is -0.147. The van der Waals surface area contributed by atoms with Crippen LogP contribution in [0.3, 0.4) is 0 Å². The lowest BCUT2D eigenvalue weighted by atomic mass is 9.78. The Kier molecular flexibility index (Phi) is 7.48. The van der Waals surface area contributed by atoms with Gasteiger partial charge in [-0.05, 0) is 73.2 Å². The van der Waals surface area contributed by atoms with Crippen molar-refractivity contribution in [1.82, 2.24) is 9.80 Å². The molecule has 0 spiro atoms. The second kappa shape index (κ2) is 10.1. The molecule has 212 valence electrons. The molecule has 2 aromatic rings. The van der Waals surface area contributed by atoms with Gasteiger partial charge in [0, 0.05) is 38.5 Å². The number of alkyl halides is 6. The lowest BCUT2D eigenvalue weighted by Gasteiger charge is -2.40. The highest BCUT2D eigenvalue weighted by atomic mass is 19.4. The summed E-state index contributed by atoms with van der Waals surface area (Å²) in [5.41, 5.74) is -3.62. The fraction of sp³-hybridized carbons (Fsp3) is 0.481. The molecule has 0 radical (unpaired) electrons. The molecule has 0 aromatic heterocycles. The van der Waals surface area contributed by atoms with Gasteiger partial charge in [0.25, 0.3) is 5.91 Å². The van der Waals surface area contributed by atoms with Gasteiger partial charge in [0.05, 0.1) is 11.1 Å².